The van der Waals surface area contributed by atoms with Crippen LogP contribution in [0.25, 0.3) is 0 Å². The zero-order valence-corrected chi connectivity index (χ0v) is 63.4. The number of aliphatic hydroxyl groups is 1. The largest absolute Gasteiger partial charge is 0.472 e. The van der Waals surface area contributed by atoms with Gasteiger partial charge in [0, 0.05) is 25.7 Å². The third-order valence-corrected chi connectivity index (χ3v) is 19.6. The summed E-state index contributed by atoms with van der Waals surface area (Å²) in [7, 11) is -9.91. The molecule has 0 rings (SSSR count). The lowest BCUT2D eigenvalue weighted by Crippen LogP contribution is -2.30. The van der Waals surface area contributed by atoms with E-state index in [0.717, 1.165) is 114 Å². The van der Waals surface area contributed by atoms with Crippen molar-refractivity contribution >= 4 is 39.5 Å². The molecule has 0 amide bonds. The second kappa shape index (κ2) is 64.4. The number of phosphoric acid groups is 2. The van der Waals surface area contributed by atoms with Crippen molar-refractivity contribution in [3.05, 3.63) is 0 Å². The number of esters is 4. The lowest BCUT2D eigenvalue weighted by molar-refractivity contribution is -0.161. The molecule has 0 fully saturated rings. The summed E-state index contributed by atoms with van der Waals surface area (Å²) in [5, 5.41) is 10.6. The van der Waals surface area contributed by atoms with Gasteiger partial charge in [0.1, 0.15) is 19.3 Å². The lowest BCUT2D eigenvalue weighted by atomic mass is 9.99. The number of hydrogen-bond acceptors (Lipinski definition) is 15. The molecule has 0 bridgehead atoms. The molecule has 0 radical (unpaired) electrons. The molecule has 3 N–H and O–H groups in total. The molecule has 0 aromatic rings. The first-order valence-corrected chi connectivity index (χ1v) is 41.7. The molecule has 3 unspecified atom stereocenters. The Bertz CT molecular complexity index is 1850. The number of unbranched alkanes of at least 4 members (excludes halogenated alkanes) is 37. The van der Waals surface area contributed by atoms with Crippen LogP contribution < -0.4 is 0 Å². The highest BCUT2D eigenvalue weighted by Gasteiger charge is 2.30. The van der Waals surface area contributed by atoms with E-state index in [9.17, 15) is 43.2 Å². The highest BCUT2D eigenvalue weighted by molar-refractivity contribution is 7.47. The molecule has 0 aliphatic heterocycles. The van der Waals surface area contributed by atoms with Gasteiger partial charge in [0.2, 0.25) is 0 Å². The van der Waals surface area contributed by atoms with E-state index < -0.39 is 97.5 Å². The number of carbonyl (C=O) groups excluding carboxylic acids is 4. The summed E-state index contributed by atoms with van der Waals surface area (Å²) >= 11 is 0. The monoisotopic (exact) mass is 1380 g/mol. The van der Waals surface area contributed by atoms with Crippen LogP contribution in [-0.4, -0.2) is 96.7 Å². The first-order valence-electron chi connectivity index (χ1n) is 38.7. The Morgan fingerprint density at radius 2 is 0.511 bits per heavy atom. The van der Waals surface area contributed by atoms with Crippen molar-refractivity contribution in [3.8, 4) is 0 Å². The van der Waals surface area contributed by atoms with Gasteiger partial charge in [0.25, 0.3) is 0 Å². The van der Waals surface area contributed by atoms with Gasteiger partial charge < -0.3 is 33.8 Å². The van der Waals surface area contributed by atoms with E-state index in [-0.39, 0.29) is 25.7 Å². The van der Waals surface area contributed by atoms with Crippen molar-refractivity contribution in [1.29, 1.82) is 0 Å². The fourth-order valence-corrected chi connectivity index (χ4v) is 12.9. The number of hydrogen-bond donors (Lipinski definition) is 3. The van der Waals surface area contributed by atoms with Crippen LogP contribution in [0.4, 0.5) is 0 Å². The van der Waals surface area contributed by atoms with Gasteiger partial charge in [-0.05, 0) is 49.4 Å². The number of ether oxygens (including phenoxy) is 4. The Labute approximate surface area is 575 Å². The van der Waals surface area contributed by atoms with Crippen molar-refractivity contribution in [2.24, 2.45) is 23.7 Å². The number of phosphoric ester groups is 2. The summed E-state index contributed by atoms with van der Waals surface area (Å²) in [6.07, 6.45) is 48.6. The van der Waals surface area contributed by atoms with E-state index in [0.29, 0.717) is 31.6 Å². The summed E-state index contributed by atoms with van der Waals surface area (Å²) < 4.78 is 68.5. The molecule has 0 aliphatic rings. The maximum atomic E-state index is 13.1. The first-order chi connectivity index (χ1) is 45.1. The molecule has 94 heavy (non-hydrogen) atoms. The van der Waals surface area contributed by atoms with Gasteiger partial charge in [-0.1, -0.05) is 325 Å². The number of rotatable bonds is 72. The van der Waals surface area contributed by atoms with Gasteiger partial charge in [-0.15, -0.1) is 0 Å². The molecule has 0 saturated carbocycles. The molecule has 6 atom stereocenters. The second-order valence-corrected chi connectivity index (χ2v) is 31.6. The summed E-state index contributed by atoms with van der Waals surface area (Å²) in [5.41, 5.74) is 0. The minimum Gasteiger partial charge on any atom is -0.462 e. The SMILES string of the molecule is CCC(C)CCCCCCCCCCCCC(=O)O[C@H](COC(=O)CCCCCCCCCCCCCCCCC(C)C)COP(=O)(O)OC[C@@H](O)COP(=O)(O)OC[C@@H](COC(=O)CCCCCCCCC(C)C)OC(=O)CCCCCCCCCCCCCC(C)C. The Hall–Kier alpha value is -1.94. The summed E-state index contributed by atoms with van der Waals surface area (Å²) in [5.74, 6) is 0.923. The lowest BCUT2D eigenvalue weighted by Gasteiger charge is -2.21. The van der Waals surface area contributed by atoms with Gasteiger partial charge in [-0.25, -0.2) is 9.13 Å². The highest BCUT2D eigenvalue weighted by Crippen LogP contribution is 2.45. The first kappa shape index (κ1) is 92.1. The quantitative estimate of drug-likeness (QED) is 0.0222. The van der Waals surface area contributed by atoms with Crippen molar-refractivity contribution in [3.63, 3.8) is 0 Å². The minimum atomic E-state index is -4.96. The summed E-state index contributed by atoms with van der Waals surface area (Å²) in [6.45, 7) is 14.2. The summed E-state index contributed by atoms with van der Waals surface area (Å²) in [6, 6.07) is 0. The topological polar surface area (TPSA) is 237 Å². The van der Waals surface area contributed by atoms with E-state index in [1.54, 1.807) is 0 Å². The maximum Gasteiger partial charge on any atom is 0.472 e. The molecule has 0 aromatic heterocycles. The third-order valence-electron chi connectivity index (χ3n) is 17.7. The van der Waals surface area contributed by atoms with Crippen molar-refractivity contribution in [2.75, 3.05) is 39.6 Å². The van der Waals surface area contributed by atoms with Gasteiger partial charge >= 0.3 is 39.5 Å². The van der Waals surface area contributed by atoms with E-state index in [4.69, 9.17) is 37.0 Å². The predicted octanol–water partition coefficient (Wildman–Crippen LogP) is 21.7. The molecule has 0 spiro atoms. The molecule has 558 valence electrons. The van der Waals surface area contributed by atoms with Crippen LogP contribution in [0.5, 0.6) is 0 Å². The Morgan fingerprint density at radius 1 is 0.298 bits per heavy atom. The Morgan fingerprint density at radius 3 is 0.755 bits per heavy atom. The van der Waals surface area contributed by atoms with Crippen LogP contribution >= 0.6 is 15.6 Å². The van der Waals surface area contributed by atoms with Crippen molar-refractivity contribution in [1.82, 2.24) is 0 Å². The third kappa shape index (κ3) is 67.3. The van der Waals surface area contributed by atoms with Crippen LogP contribution in [0, 0.1) is 23.7 Å². The maximum absolute atomic E-state index is 13.1. The highest BCUT2D eigenvalue weighted by atomic mass is 31.2. The Balaban J connectivity index is 5.24. The molecule has 0 aliphatic carbocycles. The molecule has 17 nitrogen and oxygen atoms in total. The van der Waals surface area contributed by atoms with Crippen molar-refractivity contribution in [2.45, 2.75) is 395 Å². The van der Waals surface area contributed by atoms with Gasteiger partial charge in [0.15, 0.2) is 12.2 Å². The van der Waals surface area contributed by atoms with E-state index in [1.165, 1.54) is 173 Å². The standard InChI is InChI=1S/C75H146O17P2/c1-9-68(8)54-46-38-29-23-19-20-26-32-42-50-58-75(80)91-70(61-85-72(77)55-47-39-30-24-17-13-11-10-12-15-21-27-35-43-51-65(2)3)63-89-93(81,82)87-59-69(76)60-88-94(83,84)90-64-71(62-86-73(78)56-48-40-34-33-37-45-53-67(6)7)92-74(79)57-49-41-31-25-18-14-16-22-28-36-44-52-66(4)5/h65-71,76H,9-64H2,1-8H3,(H,81,82)(H,83,84)/t68?,69-,70-,71-/m1/s1. The fraction of sp³-hybridized carbons (Fsp3) is 0.947. The van der Waals surface area contributed by atoms with E-state index in [1.807, 2.05) is 0 Å². The van der Waals surface area contributed by atoms with Crippen LogP contribution in [0.1, 0.15) is 376 Å². The zero-order chi connectivity index (χ0) is 69.6. The molecule has 19 heteroatoms. The molecule has 0 saturated heterocycles. The van der Waals surface area contributed by atoms with E-state index >= 15 is 0 Å². The zero-order valence-electron chi connectivity index (χ0n) is 61.6. The Kier molecular flexibility index (Phi) is 63.1. The van der Waals surface area contributed by atoms with Crippen LogP contribution in [0.15, 0.2) is 0 Å². The fourth-order valence-electron chi connectivity index (χ4n) is 11.3. The van der Waals surface area contributed by atoms with Crippen LogP contribution in [-0.2, 0) is 65.4 Å². The van der Waals surface area contributed by atoms with Gasteiger partial charge in [-0.3, -0.25) is 37.3 Å². The smallest absolute Gasteiger partial charge is 0.462 e. The molecule has 0 heterocycles. The average molecular weight is 1380 g/mol. The van der Waals surface area contributed by atoms with Crippen LogP contribution in [0.2, 0.25) is 0 Å². The van der Waals surface area contributed by atoms with Crippen LogP contribution in [0.3, 0.4) is 0 Å². The number of aliphatic hydroxyl groups excluding tert-OH is 1. The average Bonchev–Trinajstić information content (AvgIpc) is 2.23. The normalized spacial score (nSPS) is 14.4. The molecular weight excluding hydrogens is 1230 g/mol. The minimum absolute atomic E-state index is 0.105. The number of carbonyl (C=O) groups is 4. The van der Waals surface area contributed by atoms with Crippen molar-refractivity contribution < 1.29 is 80.2 Å². The predicted molar refractivity (Wildman–Crippen MR) is 381 cm³/mol. The second-order valence-electron chi connectivity index (χ2n) is 28.7. The van der Waals surface area contributed by atoms with Gasteiger partial charge in [-0.2, -0.15) is 0 Å². The van der Waals surface area contributed by atoms with Gasteiger partial charge in [0.05, 0.1) is 26.4 Å². The van der Waals surface area contributed by atoms with E-state index in [2.05, 4.69) is 55.4 Å². The molecular formula is C75H146O17P2. The molecule has 0 aromatic carbocycles. The summed E-state index contributed by atoms with van der Waals surface area (Å²) in [4.78, 5) is 72.7.